The van der Waals surface area contributed by atoms with Gasteiger partial charge >= 0.3 is 0 Å². The molecule has 3 N–H and O–H groups in total. The van der Waals surface area contributed by atoms with E-state index in [1.165, 1.54) is 16.7 Å². The number of nitrogens with one attached hydrogen (secondary N) is 1. The third kappa shape index (κ3) is 4.73. The Morgan fingerprint density at radius 1 is 1.31 bits per heavy atom. The van der Waals surface area contributed by atoms with Gasteiger partial charge in [0, 0.05) is 40.3 Å². The number of carbonyl (C=O) groups is 3. The number of pyridine rings is 1. The van der Waals surface area contributed by atoms with E-state index in [4.69, 9.17) is 10.6 Å². The molecule has 11 nitrogen and oxygen atoms in total. The van der Waals surface area contributed by atoms with Crippen LogP contribution in [0.1, 0.15) is 5.69 Å². The molecular formula is C21H20N6O5S3. The molecule has 2 aromatic heterocycles. The molecule has 5 heterocycles. The van der Waals surface area contributed by atoms with Crippen LogP contribution in [-0.2, 0) is 25.8 Å². The second kappa shape index (κ2) is 9.87. The van der Waals surface area contributed by atoms with Gasteiger partial charge in [0.1, 0.15) is 23.2 Å². The molecule has 2 saturated heterocycles. The summed E-state index contributed by atoms with van der Waals surface area (Å²) in [5.41, 5.74) is 6.29. The minimum Gasteiger partial charge on any atom is -0.543 e. The van der Waals surface area contributed by atoms with Crippen molar-refractivity contribution in [1.82, 2.24) is 15.2 Å². The third-order valence-corrected chi connectivity index (χ3v) is 8.79. The fourth-order valence-corrected chi connectivity index (χ4v) is 6.20. The Kier molecular flexibility index (Phi) is 6.67. The summed E-state index contributed by atoms with van der Waals surface area (Å²) in [5, 5.41) is 19.9. The van der Waals surface area contributed by atoms with E-state index >= 15 is 0 Å². The van der Waals surface area contributed by atoms with E-state index in [1.807, 2.05) is 35.2 Å². The number of oxime groups is 1. The summed E-state index contributed by atoms with van der Waals surface area (Å²) in [6, 6.07) is 4.60. The molecule has 2 amide bonds. The molecule has 35 heavy (non-hydrogen) atoms. The van der Waals surface area contributed by atoms with Gasteiger partial charge in [0.25, 0.3) is 11.8 Å². The van der Waals surface area contributed by atoms with Gasteiger partial charge in [0.15, 0.2) is 29.8 Å². The molecule has 0 bridgehead atoms. The van der Waals surface area contributed by atoms with Crippen LogP contribution in [0.2, 0.25) is 0 Å². The van der Waals surface area contributed by atoms with Gasteiger partial charge in [0.2, 0.25) is 0 Å². The zero-order chi connectivity index (χ0) is 24.5. The van der Waals surface area contributed by atoms with Crippen molar-refractivity contribution in [3.05, 3.63) is 52.9 Å². The number of carbonyl (C=O) groups excluding carboxylic acids is 3. The number of thiazole rings is 1. The fourth-order valence-electron chi connectivity index (χ4n) is 3.77. The normalized spacial score (nSPS) is 22.2. The summed E-state index contributed by atoms with van der Waals surface area (Å²) < 4.78 is 1.82. The summed E-state index contributed by atoms with van der Waals surface area (Å²) in [6.45, 7) is 0.309. The average molecular weight is 533 g/mol. The predicted molar refractivity (Wildman–Crippen MR) is 129 cm³/mol. The number of anilines is 1. The highest BCUT2D eigenvalue weighted by molar-refractivity contribution is 8.00. The summed E-state index contributed by atoms with van der Waals surface area (Å²) in [5.74, 6) is -0.683. The molecule has 2 atom stereocenters. The first-order valence-electron chi connectivity index (χ1n) is 10.6. The highest BCUT2D eigenvalue weighted by atomic mass is 32.2. The second-order valence-electron chi connectivity index (χ2n) is 7.92. The van der Waals surface area contributed by atoms with E-state index in [-0.39, 0.29) is 28.3 Å². The topological polar surface area (TPSA) is 154 Å². The van der Waals surface area contributed by atoms with Crippen molar-refractivity contribution in [2.24, 2.45) is 5.16 Å². The minimum absolute atomic E-state index is 0.0845. The Labute approximate surface area is 212 Å². The molecule has 1 unspecified atom stereocenters. The van der Waals surface area contributed by atoms with Gasteiger partial charge in [-0.25, -0.2) is 9.55 Å². The first-order valence-corrected chi connectivity index (χ1v) is 13.7. The number of nitrogen functional groups attached to an aromatic ring is 1. The summed E-state index contributed by atoms with van der Waals surface area (Å²) in [6.07, 6.45) is 3.53. The summed E-state index contributed by atoms with van der Waals surface area (Å²) in [4.78, 5) is 48.8. The maximum Gasteiger partial charge on any atom is 0.276 e. The van der Waals surface area contributed by atoms with E-state index in [0.29, 0.717) is 17.9 Å². The number of amides is 2. The number of carboxylic acid groups (broad SMARTS) is 1. The number of aliphatic carboxylic acids is 1. The number of hydrogen-bond donors (Lipinski definition) is 2. The Balaban J connectivity index is 1.33. The van der Waals surface area contributed by atoms with Gasteiger partial charge < -0.3 is 25.8 Å². The SMILES string of the molecule is Nc1nc(C(=NOC2CSC2)C(=O)NC2C(=O)N3C(C(=O)[O-])=C(C[n+]4ccccc4)CS[C@@H]23)cs1. The lowest BCUT2D eigenvalue weighted by atomic mass is 10.0. The number of thioether (sulfide) groups is 2. The Bertz CT molecular complexity index is 1230. The lowest BCUT2D eigenvalue weighted by Gasteiger charge is -2.50. The lowest BCUT2D eigenvalue weighted by molar-refractivity contribution is -0.689. The quantitative estimate of drug-likeness (QED) is 0.188. The smallest absolute Gasteiger partial charge is 0.276 e. The number of nitrogens with two attached hydrogens (primary N) is 1. The van der Waals surface area contributed by atoms with Crippen LogP contribution in [-0.4, -0.2) is 68.2 Å². The Morgan fingerprint density at radius 3 is 2.71 bits per heavy atom. The molecule has 0 aromatic carbocycles. The van der Waals surface area contributed by atoms with Gasteiger partial charge in [-0.3, -0.25) is 14.5 Å². The molecule has 0 aliphatic carbocycles. The van der Waals surface area contributed by atoms with Crippen LogP contribution in [0.5, 0.6) is 0 Å². The first-order chi connectivity index (χ1) is 16.9. The van der Waals surface area contributed by atoms with E-state index in [2.05, 4.69) is 15.5 Å². The van der Waals surface area contributed by atoms with Gasteiger partial charge in [-0.05, 0) is 0 Å². The highest BCUT2D eigenvalue weighted by Crippen LogP contribution is 2.40. The van der Waals surface area contributed by atoms with E-state index in [1.54, 1.807) is 17.1 Å². The van der Waals surface area contributed by atoms with Crippen molar-refractivity contribution in [3.8, 4) is 0 Å². The Morgan fingerprint density at radius 2 is 2.09 bits per heavy atom. The molecule has 0 radical (unpaired) electrons. The van der Waals surface area contributed by atoms with Crippen molar-refractivity contribution < 1.29 is 28.9 Å². The molecular weight excluding hydrogens is 512 g/mol. The van der Waals surface area contributed by atoms with E-state index in [9.17, 15) is 19.5 Å². The van der Waals surface area contributed by atoms with Gasteiger partial charge in [-0.2, -0.15) is 11.8 Å². The van der Waals surface area contributed by atoms with Crippen molar-refractivity contribution in [3.63, 3.8) is 0 Å². The Hall–Kier alpha value is -3.10. The van der Waals surface area contributed by atoms with Crippen LogP contribution < -0.4 is 20.7 Å². The number of nitrogens with zero attached hydrogens (tertiary/aromatic N) is 4. The van der Waals surface area contributed by atoms with Crippen molar-refractivity contribution in [2.45, 2.75) is 24.1 Å². The van der Waals surface area contributed by atoms with Gasteiger partial charge in [-0.15, -0.1) is 23.1 Å². The molecule has 3 aliphatic heterocycles. The lowest BCUT2D eigenvalue weighted by Crippen LogP contribution is -2.71. The van der Waals surface area contributed by atoms with Crippen LogP contribution in [0, 0.1) is 0 Å². The number of β-lactam (4-membered cyclic amide) rings is 1. The predicted octanol–water partition coefficient (Wildman–Crippen LogP) is -1.05. The molecule has 0 spiro atoms. The van der Waals surface area contributed by atoms with Crippen molar-refractivity contribution in [2.75, 3.05) is 23.0 Å². The zero-order valence-corrected chi connectivity index (χ0v) is 20.6. The minimum atomic E-state index is -1.42. The zero-order valence-electron chi connectivity index (χ0n) is 18.2. The van der Waals surface area contributed by atoms with Crippen molar-refractivity contribution >= 4 is 63.5 Å². The molecule has 2 fully saturated rings. The molecule has 182 valence electrons. The van der Waals surface area contributed by atoms with Crippen molar-refractivity contribution in [1.29, 1.82) is 0 Å². The first kappa shape index (κ1) is 23.6. The van der Waals surface area contributed by atoms with Crippen LogP contribution in [0.15, 0.2) is 52.4 Å². The molecule has 14 heteroatoms. The van der Waals surface area contributed by atoms with Crippen LogP contribution in [0.4, 0.5) is 5.13 Å². The van der Waals surface area contributed by atoms with Crippen LogP contribution >= 0.6 is 34.9 Å². The number of aromatic nitrogens is 2. The van der Waals surface area contributed by atoms with Crippen LogP contribution in [0.3, 0.4) is 0 Å². The second-order valence-corrected chi connectivity index (χ2v) is 11.0. The fraction of sp³-hybridized carbons (Fsp3) is 0.333. The third-order valence-electron chi connectivity index (χ3n) is 5.56. The summed E-state index contributed by atoms with van der Waals surface area (Å²) in [7, 11) is 0. The largest absolute Gasteiger partial charge is 0.543 e. The number of rotatable bonds is 8. The van der Waals surface area contributed by atoms with Gasteiger partial charge in [-0.1, -0.05) is 11.2 Å². The molecule has 0 saturated carbocycles. The number of fused-ring (bicyclic) bond motifs is 1. The molecule has 5 rings (SSSR count). The summed E-state index contributed by atoms with van der Waals surface area (Å²) >= 11 is 4.24. The maximum absolute atomic E-state index is 13.1. The number of carboxylic acids is 1. The standard InChI is InChI=1S/C21H20N6O5S3/c22-21-23-13(10-35-21)14(25-32-12-8-33-9-12)17(28)24-15-18(29)27-16(20(30)31)11(7-34-19(15)27)6-26-4-2-1-3-5-26/h1-5,10,12,15,19H,6-9H2,(H3-,22,23,24,28,30,31)/t15?,19-/m0/s1. The van der Waals surface area contributed by atoms with E-state index < -0.39 is 29.2 Å². The monoisotopic (exact) mass is 532 g/mol. The maximum atomic E-state index is 13.1. The van der Waals surface area contributed by atoms with E-state index in [0.717, 1.165) is 22.8 Å². The highest BCUT2D eigenvalue weighted by Gasteiger charge is 2.53. The van der Waals surface area contributed by atoms with Gasteiger partial charge in [0.05, 0.1) is 11.7 Å². The molecule has 3 aliphatic rings. The number of hydrogen-bond acceptors (Lipinski definition) is 11. The average Bonchev–Trinajstić information content (AvgIpc) is 3.24. The molecule has 2 aromatic rings. The van der Waals surface area contributed by atoms with Crippen LogP contribution in [0.25, 0.3) is 0 Å².